The molecule has 1 spiro atoms. The summed E-state index contributed by atoms with van der Waals surface area (Å²) in [6.45, 7) is 5.77. The van der Waals surface area contributed by atoms with Crippen molar-refractivity contribution in [1.82, 2.24) is 15.0 Å². The molecule has 2 N–H and O–H groups in total. The molecule has 1 fully saturated rings. The molecule has 0 unspecified atom stereocenters. The van der Waals surface area contributed by atoms with Gasteiger partial charge in [0.15, 0.2) is 0 Å². The van der Waals surface area contributed by atoms with Crippen LogP contribution in [0.1, 0.15) is 19.8 Å². The second kappa shape index (κ2) is 7.55. The Bertz CT molecular complexity index is 598. The van der Waals surface area contributed by atoms with E-state index in [1.165, 1.54) is 11.9 Å². The van der Waals surface area contributed by atoms with Gasteiger partial charge in [0, 0.05) is 28.1 Å². The van der Waals surface area contributed by atoms with Gasteiger partial charge in [0.25, 0.3) is 0 Å². The van der Waals surface area contributed by atoms with E-state index in [2.05, 4.69) is 26.3 Å². The van der Waals surface area contributed by atoms with Gasteiger partial charge in [-0.05, 0) is 63.0 Å². The molecule has 124 valence electrons. The molecule has 0 radical (unpaired) electrons. The number of benzene rings is 1. The van der Waals surface area contributed by atoms with Crippen LogP contribution in [0.4, 0.5) is 0 Å². The lowest BCUT2D eigenvalue weighted by molar-refractivity contribution is 0.265. The van der Waals surface area contributed by atoms with Crippen molar-refractivity contribution in [3.05, 3.63) is 29.3 Å². The molecule has 0 aromatic heterocycles. The normalized spacial score (nSPS) is 20.3. The minimum atomic E-state index is 0.197. The lowest BCUT2D eigenvalue weighted by Gasteiger charge is -2.32. The van der Waals surface area contributed by atoms with E-state index in [1.54, 1.807) is 0 Å². The van der Waals surface area contributed by atoms with Gasteiger partial charge in [0.1, 0.15) is 0 Å². The SMILES string of the molecule is CCN=C(NSc1cccc(Cl)c1)N1CC2(C=N1)CCNCC2. The summed E-state index contributed by atoms with van der Waals surface area (Å²) >= 11 is 7.55. The fraction of sp³-hybridized carbons (Fsp3) is 0.500. The van der Waals surface area contributed by atoms with Gasteiger partial charge in [0.2, 0.25) is 5.96 Å². The Labute approximate surface area is 146 Å². The zero-order valence-corrected chi connectivity index (χ0v) is 14.8. The van der Waals surface area contributed by atoms with Crippen molar-refractivity contribution >= 4 is 35.7 Å². The van der Waals surface area contributed by atoms with E-state index in [9.17, 15) is 0 Å². The lowest BCUT2D eigenvalue weighted by atomic mass is 9.81. The monoisotopic (exact) mass is 351 g/mol. The molecule has 0 aliphatic carbocycles. The predicted octanol–water partition coefficient (Wildman–Crippen LogP) is 2.98. The first-order valence-electron chi connectivity index (χ1n) is 7.97. The molecule has 2 aliphatic rings. The number of halogens is 1. The summed E-state index contributed by atoms with van der Waals surface area (Å²) in [6, 6.07) is 7.78. The number of rotatable bonds is 3. The number of nitrogens with zero attached hydrogens (tertiary/aromatic N) is 3. The average Bonchev–Trinajstić information content (AvgIpc) is 2.95. The number of piperidine rings is 1. The molecular weight excluding hydrogens is 330 g/mol. The molecule has 2 aliphatic heterocycles. The second-order valence-electron chi connectivity index (χ2n) is 5.87. The minimum absolute atomic E-state index is 0.197. The minimum Gasteiger partial charge on any atom is -0.317 e. The molecule has 2 heterocycles. The summed E-state index contributed by atoms with van der Waals surface area (Å²) in [4.78, 5) is 5.63. The van der Waals surface area contributed by atoms with E-state index in [0.29, 0.717) is 0 Å². The van der Waals surface area contributed by atoms with Crippen molar-refractivity contribution in [2.24, 2.45) is 15.5 Å². The Morgan fingerprint density at radius 1 is 1.48 bits per heavy atom. The third-order valence-corrected chi connectivity index (χ3v) is 5.15. The largest absolute Gasteiger partial charge is 0.317 e. The highest BCUT2D eigenvalue weighted by Crippen LogP contribution is 2.32. The first-order chi connectivity index (χ1) is 11.2. The van der Waals surface area contributed by atoms with Crippen LogP contribution in [0.2, 0.25) is 5.02 Å². The van der Waals surface area contributed by atoms with Gasteiger partial charge < -0.3 is 5.32 Å². The standard InChI is InChI=1S/C16H22ClN5S/c1-2-19-15(21-23-14-5-3-4-13(17)10-14)22-12-16(11-20-22)6-8-18-9-7-16/h3-5,10-11,18H,2,6-9,12H2,1H3,(H,19,21). The maximum absolute atomic E-state index is 6.03. The first kappa shape index (κ1) is 16.6. The lowest BCUT2D eigenvalue weighted by Crippen LogP contribution is -2.43. The third-order valence-electron chi connectivity index (χ3n) is 4.14. The molecule has 1 aromatic carbocycles. The zero-order valence-electron chi connectivity index (χ0n) is 13.3. The number of guanidine groups is 1. The maximum Gasteiger partial charge on any atom is 0.225 e. The molecule has 5 nitrogen and oxygen atoms in total. The molecule has 3 rings (SSSR count). The van der Waals surface area contributed by atoms with E-state index in [1.807, 2.05) is 36.2 Å². The Hall–Kier alpha value is -1.24. The summed E-state index contributed by atoms with van der Waals surface area (Å²) in [6.07, 6.45) is 4.38. The first-order valence-corrected chi connectivity index (χ1v) is 9.16. The van der Waals surface area contributed by atoms with Gasteiger partial charge in [-0.3, -0.25) is 9.71 Å². The van der Waals surface area contributed by atoms with Gasteiger partial charge in [-0.25, -0.2) is 5.01 Å². The van der Waals surface area contributed by atoms with Crippen molar-refractivity contribution in [2.75, 3.05) is 26.2 Å². The molecule has 0 atom stereocenters. The fourth-order valence-corrected chi connectivity index (χ4v) is 3.83. The Kier molecular flexibility index (Phi) is 5.46. The van der Waals surface area contributed by atoms with Gasteiger partial charge in [-0.1, -0.05) is 17.7 Å². The van der Waals surface area contributed by atoms with Crippen molar-refractivity contribution < 1.29 is 0 Å². The number of hydrazone groups is 1. The molecule has 0 saturated carbocycles. The molecule has 0 bridgehead atoms. The summed E-state index contributed by atoms with van der Waals surface area (Å²) in [7, 11) is 0. The van der Waals surface area contributed by atoms with Crippen molar-refractivity contribution in [1.29, 1.82) is 0 Å². The highest BCUT2D eigenvalue weighted by Gasteiger charge is 2.37. The number of hydrogen-bond donors (Lipinski definition) is 2. The van der Waals surface area contributed by atoms with E-state index >= 15 is 0 Å². The number of nitrogens with one attached hydrogen (secondary N) is 2. The maximum atomic E-state index is 6.03. The zero-order chi connectivity index (χ0) is 16.1. The average molecular weight is 352 g/mol. The topological polar surface area (TPSA) is 52.0 Å². The predicted molar refractivity (Wildman–Crippen MR) is 98.2 cm³/mol. The summed E-state index contributed by atoms with van der Waals surface area (Å²) < 4.78 is 3.33. The summed E-state index contributed by atoms with van der Waals surface area (Å²) in [5, 5.41) is 10.8. The number of aliphatic imine (C=N–C) groups is 1. The second-order valence-corrected chi connectivity index (χ2v) is 7.19. The van der Waals surface area contributed by atoms with Crippen LogP contribution in [0.25, 0.3) is 0 Å². The Morgan fingerprint density at radius 2 is 2.30 bits per heavy atom. The molecule has 1 saturated heterocycles. The molecular formula is C16H22ClN5S. The quantitative estimate of drug-likeness (QED) is 0.499. The van der Waals surface area contributed by atoms with Crippen LogP contribution in [0, 0.1) is 5.41 Å². The Morgan fingerprint density at radius 3 is 3.04 bits per heavy atom. The number of hydrogen-bond acceptors (Lipinski definition) is 4. The van der Waals surface area contributed by atoms with Crippen LogP contribution in [0.15, 0.2) is 39.3 Å². The molecule has 1 aromatic rings. The fourth-order valence-electron chi connectivity index (χ4n) is 2.86. The van der Waals surface area contributed by atoms with E-state index in [-0.39, 0.29) is 5.41 Å². The van der Waals surface area contributed by atoms with Gasteiger partial charge in [0.05, 0.1) is 6.54 Å². The van der Waals surface area contributed by atoms with Gasteiger partial charge in [-0.15, -0.1) is 0 Å². The van der Waals surface area contributed by atoms with E-state index in [4.69, 9.17) is 11.6 Å². The van der Waals surface area contributed by atoms with E-state index < -0.39 is 0 Å². The van der Waals surface area contributed by atoms with Crippen molar-refractivity contribution in [2.45, 2.75) is 24.7 Å². The van der Waals surface area contributed by atoms with Crippen LogP contribution < -0.4 is 10.0 Å². The van der Waals surface area contributed by atoms with Gasteiger partial charge in [-0.2, -0.15) is 5.10 Å². The van der Waals surface area contributed by atoms with Crippen LogP contribution in [-0.2, 0) is 0 Å². The van der Waals surface area contributed by atoms with Gasteiger partial charge >= 0.3 is 0 Å². The van der Waals surface area contributed by atoms with E-state index in [0.717, 1.165) is 54.9 Å². The van der Waals surface area contributed by atoms with Crippen LogP contribution in [0.5, 0.6) is 0 Å². The molecule has 23 heavy (non-hydrogen) atoms. The summed E-state index contributed by atoms with van der Waals surface area (Å²) in [5.41, 5.74) is 0.197. The van der Waals surface area contributed by atoms with Crippen molar-refractivity contribution in [3.63, 3.8) is 0 Å². The molecule has 0 amide bonds. The Balaban J connectivity index is 1.63. The summed E-state index contributed by atoms with van der Waals surface area (Å²) in [5.74, 6) is 0.809. The van der Waals surface area contributed by atoms with Crippen LogP contribution in [0.3, 0.4) is 0 Å². The highest BCUT2D eigenvalue weighted by atomic mass is 35.5. The smallest absolute Gasteiger partial charge is 0.225 e. The highest BCUT2D eigenvalue weighted by molar-refractivity contribution is 7.98. The molecule has 7 heteroatoms. The van der Waals surface area contributed by atoms with Crippen LogP contribution in [-0.4, -0.2) is 43.4 Å². The van der Waals surface area contributed by atoms with Crippen LogP contribution >= 0.6 is 23.5 Å². The third kappa shape index (κ3) is 4.19. The van der Waals surface area contributed by atoms with Crippen molar-refractivity contribution in [3.8, 4) is 0 Å².